The molecule has 0 unspecified atom stereocenters. The van der Waals surface area contributed by atoms with Crippen molar-refractivity contribution in [1.29, 1.82) is 0 Å². The second-order valence-corrected chi connectivity index (χ2v) is 5.50. The third-order valence-corrected chi connectivity index (χ3v) is 3.40. The molecular formula is C19H19FN2O4. The number of amides is 2. The quantitative estimate of drug-likeness (QED) is 0.698. The average molecular weight is 358 g/mol. The third-order valence-electron chi connectivity index (χ3n) is 3.40. The van der Waals surface area contributed by atoms with E-state index in [0.717, 1.165) is 11.1 Å². The Kier molecular flexibility index (Phi) is 7.30. The van der Waals surface area contributed by atoms with Crippen LogP contribution in [-0.2, 0) is 32.1 Å². The minimum atomic E-state index is -0.705. The Morgan fingerprint density at radius 1 is 0.846 bits per heavy atom. The summed E-state index contributed by atoms with van der Waals surface area (Å²) in [6.45, 7) is -0.560. The van der Waals surface area contributed by atoms with Crippen molar-refractivity contribution in [2.45, 2.75) is 13.0 Å². The Balaban J connectivity index is 1.61. The standard InChI is InChI=1S/C19H19FN2O4/c20-16-8-6-15(7-9-16)11-21-18(24)13-26-19(25)12-22-17(23)10-14-4-2-1-3-5-14/h1-9H,10-13H2,(H,21,24)(H,22,23). The molecule has 2 amide bonds. The van der Waals surface area contributed by atoms with Crippen LogP contribution in [0.25, 0.3) is 0 Å². The molecule has 0 saturated carbocycles. The molecule has 0 aliphatic carbocycles. The van der Waals surface area contributed by atoms with Crippen LogP contribution in [0.5, 0.6) is 0 Å². The summed E-state index contributed by atoms with van der Waals surface area (Å²) in [5.41, 5.74) is 1.55. The van der Waals surface area contributed by atoms with E-state index in [1.807, 2.05) is 30.3 Å². The van der Waals surface area contributed by atoms with Crippen molar-refractivity contribution < 1.29 is 23.5 Å². The molecule has 0 radical (unpaired) electrons. The van der Waals surface area contributed by atoms with E-state index in [0.29, 0.717) is 0 Å². The lowest BCUT2D eigenvalue weighted by molar-refractivity contribution is -0.148. The number of hydrogen-bond donors (Lipinski definition) is 2. The van der Waals surface area contributed by atoms with Gasteiger partial charge < -0.3 is 15.4 Å². The summed E-state index contributed by atoms with van der Waals surface area (Å²) in [7, 11) is 0. The highest BCUT2D eigenvalue weighted by Gasteiger charge is 2.10. The molecule has 6 nitrogen and oxygen atoms in total. The van der Waals surface area contributed by atoms with Gasteiger partial charge in [-0.05, 0) is 23.3 Å². The van der Waals surface area contributed by atoms with Gasteiger partial charge in [0, 0.05) is 6.54 Å². The molecule has 0 atom stereocenters. The van der Waals surface area contributed by atoms with Gasteiger partial charge in [0.1, 0.15) is 12.4 Å². The molecule has 0 saturated heterocycles. The maximum Gasteiger partial charge on any atom is 0.325 e. The summed E-state index contributed by atoms with van der Waals surface area (Å²) in [6.07, 6.45) is 0.159. The molecule has 0 spiro atoms. The first-order valence-corrected chi connectivity index (χ1v) is 8.00. The topological polar surface area (TPSA) is 84.5 Å². The number of hydrogen-bond acceptors (Lipinski definition) is 4. The number of esters is 1. The molecular weight excluding hydrogens is 339 g/mol. The van der Waals surface area contributed by atoms with Crippen LogP contribution in [0.15, 0.2) is 54.6 Å². The van der Waals surface area contributed by atoms with Crippen LogP contribution < -0.4 is 10.6 Å². The van der Waals surface area contributed by atoms with Crippen LogP contribution in [0.3, 0.4) is 0 Å². The maximum absolute atomic E-state index is 12.8. The summed E-state index contributed by atoms with van der Waals surface area (Å²) < 4.78 is 17.6. The SMILES string of the molecule is O=C(COC(=O)CNC(=O)Cc1ccccc1)NCc1ccc(F)cc1. The predicted molar refractivity (Wildman–Crippen MR) is 92.4 cm³/mol. The third kappa shape index (κ3) is 7.12. The maximum atomic E-state index is 12.8. The fraction of sp³-hybridized carbons (Fsp3) is 0.211. The van der Waals surface area contributed by atoms with Crippen molar-refractivity contribution in [2.24, 2.45) is 0 Å². The molecule has 0 fully saturated rings. The van der Waals surface area contributed by atoms with Gasteiger partial charge in [-0.1, -0.05) is 42.5 Å². The van der Waals surface area contributed by atoms with E-state index in [1.165, 1.54) is 12.1 Å². The minimum absolute atomic E-state index is 0.159. The lowest BCUT2D eigenvalue weighted by Crippen LogP contribution is -2.34. The number of carbonyl (C=O) groups is 3. The number of benzene rings is 2. The van der Waals surface area contributed by atoms with Crippen molar-refractivity contribution in [3.8, 4) is 0 Å². The first-order chi connectivity index (χ1) is 12.5. The Hall–Kier alpha value is -3.22. The van der Waals surface area contributed by atoms with Crippen LogP contribution in [-0.4, -0.2) is 30.9 Å². The molecule has 0 aromatic heterocycles. The van der Waals surface area contributed by atoms with E-state index in [-0.39, 0.29) is 31.2 Å². The number of nitrogens with one attached hydrogen (secondary N) is 2. The highest BCUT2D eigenvalue weighted by Crippen LogP contribution is 2.02. The molecule has 7 heteroatoms. The molecule has 2 aromatic rings. The van der Waals surface area contributed by atoms with Crippen LogP contribution in [0.2, 0.25) is 0 Å². The van der Waals surface area contributed by atoms with Gasteiger partial charge in [-0.3, -0.25) is 14.4 Å². The Morgan fingerprint density at radius 3 is 2.23 bits per heavy atom. The van der Waals surface area contributed by atoms with Crippen molar-refractivity contribution in [3.63, 3.8) is 0 Å². The van der Waals surface area contributed by atoms with Gasteiger partial charge in [-0.2, -0.15) is 0 Å². The summed E-state index contributed by atoms with van der Waals surface area (Å²) >= 11 is 0. The minimum Gasteiger partial charge on any atom is -0.454 e. The normalized spacial score (nSPS) is 10.0. The lowest BCUT2D eigenvalue weighted by Gasteiger charge is -2.08. The van der Waals surface area contributed by atoms with Gasteiger partial charge in [0.05, 0.1) is 6.42 Å². The molecule has 2 aromatic carbocycles. The zero-order valence-corrected chi connectivity index (χ0v) is 14.0. The predicted octanol–water partition coefficient (Wildman–Crippen LogP) is 1.34. The summed E-state index contributed by atoms with van der Waals surface area (Å²) in [5.74, 6) is -1.86. The smallest absolute Gasteiger partial charge is 0.325 e. The fourth-order valence-electron chi connectivity index (χ4n) is 2.07. The lowest BCUT2D eigenvalue weighted by atomic mass is 10.1. The zero-order valence-electron chi connectivity index (χ0n) is 14.0. The van der Waals surface area contributed by atoms with Gasteiger partial charge >= 0.3 is 5.97 Å². The summed E-state index contributed by atoms with van der Waals surface area (Å²) in [5, 5.41) is 4.98. The van der Waals surface area contributed by atoms with Gasteiger partial charge in [-0.25, -0.2) is 4.39 Å². The first-order valence-electron chi connectivity index (χ1n) is 8.00. The number of ether oxygens (including phenoxy) is 1. The second kappa shape index (κ2) is 9.93. The van der Waals surface area contributed by atoms with E-state index in [1.54, 1.807) is 12.1 Å². The molecule has 0 aliphatic heterocycles. The monoisotopic (exact) mass is 358 g/mol. The van der Waals surface area contributed by atoms with Crippen LogP contribution in [0.4, 0.5) is 4.39 Å². The summed E-state index contributed by atoms with van der Waals surface area (Å²) in [6, 6.07) is 14.8. The highest BCUT2D eigenvalue weighted by atomic mass is 19.1. The van der Waals surface area contributed by atoms with Crippen LogP contribution in [0, 0.1) is 5.82 Å². The van der Waals surface area contributed by atoms with Crippen molar-refractivity contribution in [1.82, 2.24) is 10.6 Å². The highest BCUT2D eigenvalue weighted by molar-refractivity contribution is 5.85. The van der Waals surface area contributed by atoms with Crippen molar-refractivity contribution in [3.05, 3.63) is 71.5 Å². The Morgan fingerprint density at radius 2 is 1.54 bits per heavy atom. The van der Waals surface area contributed by atoms with E-state index in [9.17, 15) is 18.8 Å². The van der Waals surface area contributed by atoms with Crippen molar-refractivity contribution in [2.75, 3.05) is 13.2 Å². The molecule has 2 rings (SSSR count). The summed E-state index contributed by atoms with van der Waals surface area (Å²) in [4.78, 5) is 34.9. The Labute approximate surface area is 150 Å². The average Bonchev–Trinajstić information content (AvgIpc) is 2.65. The molecule has 2 N–H and O–H groups in total. The zero-order chi connectivity index (χ0) is 18.8. The molecule has 0 bridgehead atoms. The van der Waals surface area contributed by atoms with Crippen LogP contribution >= 0.6 is 0 Å². The van der Waals surface area contributed by atoms with E-state index < -0.39 is 18.5 Å². The Bertz CT molecular complexity index is 748. The van der Waals surface area contributed by atoms with Gasteiger partial charge in [0.2, 0.25) is 5.91 Å². The number of rotatable bonds is 8. The molecule has 26 heavy (non-hydrogen) atoms. The van der Waals surface area contributed by atoms with Gasteiger partial charge in [0.15, 0.2) is 6.61 Å². The largest absolute Gasteiger partial charge is 0.454 e. The fourth-order valence-corrected chi connectivity index (χ4v) is 2.07. The van der Waals surface area contributed by atoms with E-state index in [4.69, 9.17) is 4.74 Å². The van der Waals surface area contributed by atoms with Gasteiger partial charge in [-0.15, -0.1) is 0 Å². The number of halogens is 1. The molecule has 0 heterocycles. The van der Waals surface area contributed by atoms with E-state index >= 15 is 0 Å². The molecule has 0 aliphatic rings. The number of carbonyl (C=O) groups excluding carboxylic acids is 3. The van der Waals surface area contributed by atoms with Crippen molar-refractivity contribution >= 4 is 17.8 Å². The second-order valence-electron chi connectivity index (χ2n) is 5.50. The molecule has 136 valence electrons. The van der Waals surface area contributed by atoms with Gasteiger partial charge in [0.25, 0.3) is 5.91 Å². The first kappa shape index (κ1) is 19.1. The van der Waals surface area contributed by atoms with E-state index in [2.05, 4.69) is 10.6 Å². The van der Waals surface area contributed by atoms with Crippen LogP contribution in [0.1, 0.15) is 11.1 Å².